The summed E-state index contributed by atoms with van der Waals surface area (Å²) < 4.78 is 44.1. The predicted molar refractivity (Wildman–Crippen MR) is 72.1 cm³/mol. The summed E-state index contributed by atoms with van der Waals surface area (Å²) >= 11 is 1.35. The Bertz CT molecular complexity index is 605. The van der Waals surface area contributed by atoms with E-state index in [4.69, 9.17) is 4.74 Å². The van der Waals surface area contributed by atoms with Gasteiger partial charge in [-0.05, 0) is 31.0 Å². The first kappa shape index (κ1) is 13.6. The van der Waals surface area contributed by atoms with Gasteiger partial charge in [-0.3, -0.25) is 0 Å². The van der Waals surface area contributed by atoms with Crippen LogP contribution < -0.4 is 5.32 Å². The summed E-state index contributed by atoms with van der Waals surface area (Å²) in [6.07, 6.45) is -2.09. The molecule has 3 rings (SSSR count). The van der Waals surface area contributed by atoms with E-state index in [2.05, 4.69) is 10.3 Å². The molecule has 0 radical (unpaired) electrons. The van der Waals surface area contributed by atoms with Gasteiger partial charge in [0.05, 0.1) is 21.9 Å². The number of alkyl halides is 3. The van der Waals surface area contributed by atoms with Gasteiger partial charge in [0, 0.05) is 13.2 Å². The van der Waals surface area contributed by atoms with Gasteiger partial charge in [-0.1, -0.05) is 11.3 Å². The number of halogens is 3. The van der Waals surface area contributed by atoms with Crippen LogP contribution in [-0.4, -0.2) is 24.2 Å². The minimum absolute atomic E-state index is 0.174. The summed E-state index contributed by atoms with van der Waals surface area (Å²) in [5.74, 6) is 0. The number of anilines is 1. The maximum Gasteiger partial charge on any atom is 0.416 e. The molecule has 1 aromatic heterocycles. The van der Waals surface area contributed by atoms with Crippen LogP contribution in [0.5, 0.6) is 0 Å². The number of aromatic nitrogens is 1. The van der Waals surface area contributed by atoms with E-state index in [1.807, 2.05) is 0 Å². The van der Waals surface area contributed by atoms with E-state index in [0.717, 1.165) is 36.3 Å². The Morgan fingerprint density at radius 2 is 2.25 bits per heavy atom. The van der Waals surface area contributed by atoms with Crippen molar-refractivity contribution in [2.75, 3.05) is 18.5 Å². The summed E-state index contributed by atoms with van der Waals surface area (Å²) in [4.78, 5) is 4.20. The van der Waals surface area contributed by atoms with E-state index >= 15 is 0 Å². The smallest absolute Gasteiger partial charge is 0.376 e. The van der Waals surface area contributed by atoms with Gasteiger partial charge < -0.3 is 10.1 Å². The number of ether oxygens (including phenoxy) is 1. The van der Waals surface area contributed by atoms with E-state index in [0.29, 0.717) is 17.2 Å². The summed E-state index contributed by atoms with van der Waals surface area (Å²) in [5.41, 5.74) is -0.291. The Kier molecular flexibility index (Phi) is 3.55. The zero-order valence-corrected chi connectivity index (χ0v) is 11.4. The van der Waals surface area contributed by atoms with Crippen molar-refractivity contribution < 1.29 is 17.9 Å². The van der Waals surface area contributed by atoms with Gasteiger partial charge in [0.25, 0.3) is 0 Å². The maximum atomic E-state index is 12.6. The lowest BCUT2D eigenvalue weighted by Gasteiger charge is -2.08. The Hall–Kier alpha value is -1.34. The fourth-order valence-electron chi connectivity index (χ4n) is 2.19. The van der Waals surface area contributed by atoms with Crippen molar-refractivity contribution in [3.8, 4) is 0 Å². The molecule has 0 amide bonds. The molecule has 1 aliphatic rings. The predicted octanol–water partition coefficient (Wildman–Crippen LogP) is 3.91. The van der Waals surface area contributed by atoms with Crippen molar-refractivity contribution >= 4 is 26.7 Å². The number of nitrogens with zero attached hydrogens (tertiary/aromatic N) is 1. The van der Waals surface area contributed by atoms with Gasteiger partial charge in [-0.2, -0.15) is 13.2 Å². The van der Waals surface area contributed by atoms with Crippen molar-refractivity contribution in [1.29, 1.82) is 0 Å². The second-order valence-electron chi connectivity index (χ2n) is 4.72. The first-order chi connectivity index (χ1) is 9.52. The van der Waals surface area contributed by atoms with Crippen LogP contribution in [0.25, 0.3) is 10.2 Å². The Morgan fingerprint density at radius 3 is 2.95 bits per heavy atom. The monoisotopic (exact) mass is 302 g/mol. The van der Waals surface area contributed by atoms with Crippen molar-refractivity contribution in [3.63, 3.8) is 0 Å². The molecule has 0 bridgehead atoms. The highest BCUT2D eigenvalue weighted by molar-refractivity contribution is 7.22. The standard InChI is InChI=1S/C13H13F3N2OS/c14-13(15,16)8-3-4-11-10(6-8)18-12(20-11)17-7-9-2-1-5-19-9/h3-4,6,9H,1-2,5,7H2,(H,17,18)/t9-/m1/s1. The van der Waals surface area contributed by atoms with Crippen molar-refractivity contribution in [3.05, 3.63) is 23.8 Å². The van der Waals surface area contributed by atoms with Crippen LogP contribution in [0.3, 0.4) is 0 Å². The van der Waals surface area contributed by atoms with Crippen LogP contribution in [0.2, 0.25) is 0 Å². The largest absolute Gasteiger partial charge is 0.416 e. The van der Waals surface area contributed by atoms with E-state index in [1.54, 1.807) is 0 Å². The van der Waals surface area contributed by atoms with Crippen molar-refractivity contribution in [2.45, 2.75) is 25.1 Å². The molecule has 0 aliphatic carbocycles. The van der Waals surface area contributed by atoms with E-state index in [1.165, 1.54) is 17.4 Å². The lowest BCUT2D eigenvalue weighted by Crippen LogP contribution is -2.18. The first-order valence-corrected chi connectivity index (χ1v) is 7.17. The molecule has 1 fully saturated rings. The molecule has 2 heterocycles. The third kappa shape index (κ3) is 2.88. The number of nitrogens with one attached hydrogen (secondary N) is 1. The molecule has 1 aromatic carbocycles. The van der Waals surface area contributed by atoms with Crippen molar-refractivity contribution in [2.24, 2.45) is 0 Å². The second kappa shape index (κ2) is 5.21. The number of thiazole rings is 1. The number of rotatable bonds is 3. The van der Waals surface area contributed by atoms with Crippen LogP contribution in [0, 0.1) is 0 Å². The van der Waals surface area contributed by atoms with Crippen LogP contribution in [0.1, 0.15) is 18.4 Å². The van der Waals surface area contributed by atoms with Gasteiger partial charge in [-0.25, -0.2) is 4.98 Å². The molecule has 0 spiro atoms. The summed E-state index contributed by atoms with van der Waals surface area (Å²) in [6.45, 7) is 1.42. The summed E-state index contributed by atoms with van der Waals surface area (Å²) in [7, 11) is 0. The Labute approximate surface area is 117 Å². The third-order valence-electron chi connectivity index (χ3n) is 3.22. The van der Waals surface area contributed by atoms with Crippen LogP contribution in [-0.2, 0) is 10.9 Å². The quantitative estimate of drug-likeness (QED) is 0.933. The average Bonchev–Trinajstić information content (AvgIpc) is 3.03. The highest BCUT2D eigenvalue weighted by atomic mass is 32.1. The molecule has 2 aromatic rings. The molecule has 108 valence electrons. The second-order valence-corrected chi connectivity index (χ2v) is 5.75. The third-order valence-corrected chi connectivity index (χ3v) is 4.21. The molecular formula is C13H13F3N2OS. The SMILES string of the molecule is FC(F)(F)c1ccc2sc(NC[C@H]3CCCO3)nc2c1. The van der Waals surface area contributed by atoms with Gasteiger partial charge in [0.2, 0.25) is 0 Å². The fraction of sp³-hybridized carbons (Fsp3) is 0.462. The molecule has 7 heteroatoms. The number of benzene rings is 1. The van der Waals surface area contributed by atoms with E-state index in [9.17, 15) is 13.2 Å². The molecule has 1 aliphatic heterocycles. The molecule has 1 N–H and O–H groups in total. The number of hydrogen-bond donors (Lipinski definition) is 1. The molecular weight excluding hydrogens is 289 g/mol. The fourth-order valence-corrected chi connectivity index (χ4v) is 3.04. The zero-order chi connectivity index (χ0) is 14.2. The average molecular weight is 302 g/mol. The van der Waals surface area contributed by atoms with Crippen LogP contribution in [0.4, 0.5) is 18.3 Å². The number of fused-ring (bicyclic) bond motifs is 1. The highest BCUT2D eigenvalue weighted by Gasteiger charge is 2.30. The van der Waals surface area contributed by atoms with Gasteiger partial charge in [0.15, 0.2) is 5.13 Å². The van der Waals surface area contributed by atoms with E-state index in [-0.39, 0.29) is 6.10 Å². The molecule has 20 heavy (non-hydrogen) atoms. The molecule has 1 atom stereocenters. The first-order valence-electron chi connectivity index (χ1n) is 6.35. The van der Waals surface area contributed by atoms with Crippen LogP contribution in [0.15, 0.2) is 18.2 Å². The Morgan fingerprint density at radius 1 is 1.40 bits per heavy atom. The van der Waals surface area contributed by atoms with E-state index < -0.39 is 11.7 Å². The topological polar surface area (TPSA) is 34.1 Å². The normalized spacial score (nSPS) is 19.6. The van der Waals surface area contributed by atoms with Gasteiger partial charge >= 0.3 is 6.18 Å². The number of hydrogen-bond acceptors (Lipinski definition) is 4. The molecule has 3 nitrogen and oxygen atoms in total. The minimum atomic E-state index is -4.33. The Balaban J connectivity index is 1.76. The maximum absolute atomic E-state index is 12.6. The highest BCUT2D eigenvalue weighted by Crippen LogP contribution is 2.34. The minimum Gasteiger partial charge on any atom is -0.376 e. The molecule has 0 saturated carbocycles. The van der Waals surface area contributed by atoms with Gasteiger partial charge in [-0.15, -0.1) is 0 Å². The summed E-state index contributed by atoms with van der Waals surface area (Å²) in [5, 5.41) is 3.77. The lowest BCUT2D eigenvalue weighted by molar-refractivity contribution is -0.137. The molecule has 0 unspecified atom stereocenters. The lowest BCUT2D eigenvalue weighted by atomic mass is 10.2. The summed E-state index contributed by atoms with van der Waals surface area (Å²) in [6, 6.07) is 3.64. The molecule has 1 saturated heterocycles. The van der Waals surface area contributed by atoms with Crippen LogP contribution >= 0.6 is 11.3 Å². The zero-order valence-electron chi connectivity index (χ0n) is 10.5. The van der Waals surface area contributed by atoms with Crippen molar-refractivity contribution in [1.82, 2.24) is 4.98 Å². The van der Waals surface area contributed by atoms with Gasteiger partial charge in [0.1, 0.15) is 0 Å².